The number of sulfonamides is 1. The lowest BCUT2D eigenvalue weighted by Gasteiger charge is -2.11. The van der Waals surface area contributed by atoms with Crippen molar-refractivity contribution in [2.45, 2.75) is 44.2 Å². The van der Waals surface area contributed by atoms with Crippen molar-refractivity contribution in [1.29, 1.82) is 0 Å². The van der Waals surface area contributed by atoms with Crippen LogP contribution in [0.2, 0.25) is 0 Å². The van der Waals surface area contributed by atoms with Crippen molar-refractivity contribution in [2.75, 3.05) is 19.7 Å². The Bertz CT molecular complexity index is 666. The van der Waals surface area contributed by atoms with Gasteiger partial charge in [0.2, 0.25) is 10.0 Å². The highest BCUT2D eigenvalue weighted by molar-refractivity contribution is 7.89. The normalized spacial score (nSPS) is 18.7. The van der Waals surface area contributed by atoms with Gasteiger partial charge in [-0.05, 0) is 36.5 Å². The minimum Gasteiger partial charge on any atom is -0.377 e. The number of hydrogen-bond acceptors (Lipinski definition) is 4. The van der Waals surface area contributed by atoms with Crippen molar-refractivity contribution in [1.82, 2.24) is 10.0 Å². The summed E-state index contributed by atoms with van der Waals surface area (Å²) in [6.07, 6.45) is 1.85. The first kappa shape index (κ1) is 19.7. The van der Waals surface area contributed by atoms with E-state index in [1.165, 1.54) is 0 Å². The van der Waals surface area contributed by atoms with Crippen LogP contribution in [0.4, 0.5) is 0 Å². The van der Waals surface area contributed by atoms with Crippen LogP contribution in [0.3, 0.4) is 0 Å². The third kappa shape index (κ3) is 6.64. The third-order valence-corrected chi connectivity index (χ3v) is 5.32. The minimum atomic E-state index is -3.52. The lowest BCUT2D eigenvalue weighted by Crippen LogP contribution is -2.34. The van der Waals surface area contributed by atoms with E-state index < -0.39 is 10.0 Å². The topological polar surface area (TPSA) is 106 Å². The fraction of sp³-hybridized carbons (Fsp3) is 0.588. The fourth-order valence-electron chi connectivity index (χ4n) is 2.41. The van der Waals surface area contributed by atoms with Crippen LogP contribution in [0.1, 0.15) is 32.3 Å². The first-order valence-electron chi connectivity index (χ1n) is 8.61. The Morgan fingerprint density at radius 2 is 2.08 bits per heavy atom. The Hall–Kier alpha value is -1.64. The molecule has 2 rings (SSSR count). The zero-order valence-electron chi connectivity index (χ0n) is 14.9. The van der Waals surface area contributed by atoms with Gasteiger partial charge in [0, 0.05) is 19.7 Å². The third-order valence-electron chi connectivity index (χ3n) is 3.88. The number of nitrogens with two attached hydrogens (primary N) is 1. The maximum absolute atomic E-state index is 12.3. The summed E-state index contributed by atoms with van der Waals surface area (Å²) in [5.74, 6) is 0.879. The molecule has 1 saturated heterocycles. The summed E-state index contributed by atoms with van der Waals surface area (Å²) in [6, 6.07) is 6.67. The SMILES string of the molecule is CC(C)CNC(N)=NCc1ccc(S(=O)(=O)NCC2CCCO2)cc1. The van der Waals surface area contributed by atoms with Crippen molar-refractivity contribution in [3.8, 4) is 0 Å². The van der Waals surface area contributed by atoms with Crippen LogP contribution in [-0.2, 0) is 21.3 Å². The van der Waals surface area contributed by atoms with Gasteiger partial charge in [0.25, 0.3) is 0 Å². The van der Waals surface area contributed by atoms with Gasteiger partial charge in [0.1, 0.15) is 0 Å². The molecule has 1 fully saturated rings. The molecule has 0 radical (unpaired) electrons. The number of benzene rings is 1. The molecule has 4 N–H and O–H groups in total. The molecule has 1 aliphatic rings. The molecule has 25 heavy (non-hydrogen) atoms. The molecule has 1 heterocycles. The molecule has 0 amide bonds. The Labute approximate surface area is 150 Å². The van der Waals surface area contributed by atoms with Gasteiger partial charge in [-0.15, -0.1) is 0 Å². The van der Waals surface area contributed by atoms with E-state index in [1.807, 2.05) is 0 Å². The minimum absolute atomic E-state index is 0.0234. The maximum atomic E-state index is 12.3. The van der Waals surface area contributed by atoms with E-state index in [1.54, 1.807) is 24.3 Å². The van der Waals surface area contributed by atoms with Gasteiger partial charge >= 0.3 is 0 Å². The molecule has 1 aliphatic heterocycles. The van der Waals surface area contributed by atoms with Crippen molar-refractivity contribution < 1.29 is 13.2 Å². The van der Waals surface area contributed by atoms with Crippen molar-refractivity contribution in [3.63, 3.8) is 0 Å². The summed E-state index contributed by atoms with van der Waals surface area (Å²) in [5, 5.41) is 3.04. The van der Waals surface area contributed by atoms with E-state index in [4.69, 9.17) is 10.5 Å². The van der Waals surface area contributed by atoms with Gasteiger partial charge in [-0.25, -0.2) is 18.1 Å². The molecule has 0 spiro atoms. The highest BCUT2D eigenvalue weighted by Crippen LogP contribution is 2.14. The number of hydrogen-bond donors (Lipinski definition) is 3. The second kappa shape index (κ2) is 9.17. The molecule has 0 saturated carbocycles. The molecular weight excluding hydrogens is 340 g/mol. The first-order chi connectivity index (χ1) is 11.9. The molecule has 1 aromatic rings. The number of rotatable bonds is 8. The molecule has 8 heteroatoms. The number of aliphatic imine (C=N–C) groups is 1. The lowest BCUT2D eigenvalue weighted by atomic mass is 10.2. The molecule has 7 nitrogen and oxygen atoms in total. The van der Waals surface area contributed by atoms with Crippen molar-refractivity contribution in [3.05, 3.63) is 29.8 Å². The Balaban J connectivity index is 1.88. The zero-order chi connectivity index (χ0) is 18.3. The van der Waals surface area contributed by atoms with Gasteiger partial charge < -0.3 is 15.8 Å². The highest BCUT2D eigenvalue weighted by atomic mass is 32.2. The van der Waals surface area contributed by atoms with Crippen LogP contribution in [0, 0.1) is 5.92 Å². The van der Waals surface area contributed by atoms with Gasteiger partial charge in [-0.1, -0.05) is 26.0 Å². The number of ether oxygens (including phenoxy) is 1. The average molecular weight is 369 g/mol. The number of nitrogens with one attached hydrogen (secondary N) is 2. The first-order valence-corrected chi connectivity index (χ1v) is 10.1. The van der Waals surface area contributed by atoms with Gasteiger partial charge in [-0.2, -0.15) is 0 Å². The van der Waals surface area contributed by atoms with Gasteiger partial charge in [0.15, 0.2) is 5.96 Å². The van der Waals surface area contributed by atoms with Crippen LogP contribution >= 0.6 is 0 Å². The second-order valence-electron chi connectivity index (χ2n) is 6.61. The summed E-state index contributed by atoms with van der Waals surface area (Å²) < 4.78 is 32.6. The Morgan fingerprint density at radius 3 is 2.68 bits per heavy atom. The Morgan fingerprint density at radius 1 is 1.36 bits per heavy atom. The predicted octanol–water partition coefficient (Wildman–Crippen LogP) is 1.20. The van der Waals surface area contributed by atoms with E-state index in [-0.39, 0.29) is 11.0 Å². The van der Waals surface area contributed by atoms with Crippen LogP contribution in [0.25, 0.3) is 0 Å². The van der Waals surface area contributed by atoms with E-state index in [0.717, 1.165) is 24.9 Å². The van der Waals surface area contributed by atoms with E-state index >= 15 is 0 Å². The maximum Gasteiger partial charge on any atom is 0.240 e. The molecule has 0 aromatic heterocycles. The molecule has 1 unspecified atom stereocenters. The number of guanidine groups is 1. The summed E-state index contributed by atoms with van der Waals surface area (Å²) in [6.45, 7) is 6.37. The highest BCUT2D eigenvalue weighted by Gasteiger charge is 2.20. The largest absolute Gasteiger partial charge is 0.377 e. The molecule has 140 valence electrons. The average Bonchev–Trinajstić information content (AvgIpc) is 3.10. The van der Waals surface area contributed by atoms with Crippen LogP contribution in [-0.4, -0.2) is 40.2 Å². The molecule has 0 aliphatic carbocycles. The van der Waals surface area contributed by atoms with Crippen molar-refractivity contribution in [2.24, 2.45) is 16.6 Å². The van der Waals surface area contributed by atoms with E-state index in [2.05, 4.69) is 28.9 Å². The van der Waals surface area contributed by atoms with Crippen LogP contribution in [0.15, 0.2) is 34.2 Å². The predicted molar refractivity (Wildman–Crippen MR) is 98.8 cm³/mol. The zero-order valence-corrected chi connectivity index (χ0v) is 15.7. The second-order valence-corrected chi connectivity index (χ2v) is 8.37. The van der Waals surface area contributed by atoms with Gasteiger partial charge in [-0.3, -0.25) is 0 Å². The molecule has 0 bridgehead atoms. The van der Waals surface area contributed by atoms with Crippen LogP contribution in [0.5, 0.6) is 0 Å². The summed E-state index contributed by atoms with van der Waals surface area (Å²) in [5.41, 5.74) is 6.69. The molecule has 1 atom stereocenters. The van der Waals surface area contributed by atoms with Gasteiger partial charge in [0.05, 0.1) is 17.5 Å². The summed E-state index contributed by atoms with van der Waals surface area (Å²) in [7, 11) is -3.52. The Kier molecular flexibility index (Phi) is 7.22. The van der Waals surface area contributed by atoms with E-state index in [9.17, 15) is 8.42 Å². The number of nitrogens with zero attached hydrogens (tertiary/aromatic N) is 1. The standard InChI is InChI=1S/C17H28N4O3S/c1-13(2)10-19-17(18)20-11-14-5-7-16(8-6-14)25(22,23)21-12-15-4-3-9-24-15/h5-8,13,15,21H,3-4,9-12H2,1-2H3,(H3,18,19,20). The lowest BCUT2D eigenvalue weighted by molar-refractivity contribution is 0.114. The van der Waals surface area contributed by atoms with Crippen molar-refractivity contribution >= 4 is 16.0 Å². The smallest absolute Gasteiger partial charge is 0.240 e. The molecule has 1 aromatic carbocycles. The summed E-state index contributed by atoms with van der Waals surface area (Å²) in [4.78, 5) is 4.49. The van der Waals surface area contributed by atoms with E-state index in [0.29, 0.717) is 31.6 Å². The van der Waals surface area contributed by atoms with Crippen LogP contribution < -0.4 is 15.8 Å². The summed E-state index contributed by atoms with van der Waals surface area (Å²) >= 11 is 0. The quantitative estimate of drug-likeness (QED) is 0.472. The molecular formula is C17H28N4O3S. The monoisotopic (exact) mass is 368 g/mol. The fourth-order valence-corrected chi connectivity index (χ4v) is 3.47.